The number of rotatable bonds is 6. The molecule has 1 aromatic rings. The van der Waals surface area contributed by atoms with Gasteiger partial charge in [-0.2, -0.15) is 0 Å². The van der Waals surface area contributed by atoms with Gasteiger partial charge < -0.3 is 15.2 Å². The fourth-order valence-corrected chi connectivity index (χ4v) is 6.12. The van der Waals surface area contributed by atoms with Crippen LogP contribution in [-0.4, -0.2) is 61.7 Å². The number of amides is 2. The number of carbonyl (C=O) groups is 3. The van der Waals surface area contributed by atoms with E-state index in [2.05, 4.69) is 5.32 Å². The van der Waals surface area contributed by atoms with Crippen LogP contribution in [0.5, 0.6) is 5.75 Å². The minimum Gasteiger partial charge on any atom is -0.484 e. The van der Waals surface area contributed by atoms with Gasteiger partial charge >= 0.3 is 5.97 Å². The Hall–Kier alpha value is -1.87. The van der Waals surface area contributed by atoms with Gasteiger partial charge in [0, 0.05) is 0 Å². The maximum absolute atomic E-state index is 12.5. The third-order valence-corrected chi connectivity index (χ3v) is 7.39. The van der Waals surface area contributed by atoms with E-state index in [1.54, 1.807) is 38.1 Å². The minimum atomic E-state index is -1.80. The molecule has 7 nitrogen and oxygen atoms in total. The van der Waals surface area contributed by atoms with Crippen LogP contribution in [0.4, 0.5) is 0 Å². The topological polar surface area (TPSA) is 95.9 Å². The summed E-state index contributed by atoms with van der Waals surface area (Å²) in [4.78, 5) is 38.4. The van der Waals surface area contributed by atoms with Gasteiger partial charge in [0.15, 0.2) is 6.61 Å². The van der Waals surface area contributed by atoms with Crippen LogP contribution in [0.1, 0.15) is 13.8 Å². The van der Waals surface area contributed by atoms with Crippen molar-refractivity contribution >= 4 is 41.3 Å². The minimum absolute atomic E-state index is 0.271. The van der Waals surface area contributed by atoms with Crippen LogP contribution in [0.25, 0.3) is 0 Å². The summed E-state index contributed by atoms with van der Waals surface area (Å²) < 4.78 is 4.50. The second kappa shape index (κ2) is 6.70. The summed E-state index contributed by atoms with van der Waals surface area (Å²) in [7, 11) is 0. The largest absolute Gasteiger partial charge is 0.484 e. The highest BCUT2D eigenvalue weighted by Gasteiger charge is 2.73. The summed E-state index contributed by atoms with van der Waals surface area (Å²) in [5, 5.41) is 12.0. The number of nitrogens with zero attached hydrogens (tertiary/aromatic N) is 1. The number of carbonyl (C=O) groups excluding carboxylic acids is 2. The van der Waals surface area contributed by atoms with E-state index in [4.69, 9.17) is 4.74 Å². The molecular weight excluding hydrogens is 376 g/mol. The monoisotopic (exact) mass is 396 g/mol. The first-order chi connectivity index (χ1) is 12.2. The molecule has 2 N–H and O–H groups in total. The molecule has 0 bridgehead atoms. The zero-order chi connectivity index (χ0) is 19.1. The molecule has 3 atom stereocenters. The van der Waals surface area contributed by atoms with Gasteiger partial charge in [-0.15, -0.1) is 23.5 Å². The SMILES string of the molecule is CS[C@@H]1C(=O)N2[C@@H]1SC(C)(C)[C@]2(NC(=O)COc1ccccc1)C(=O)O. The van der Waals surface area contributed by atoms with E-state index in [0.717, 1.165) is 0 Å². The van der Waals surface area contributed by atoms with Gasteiger partial charge in [0.2, 0.25) is 11.6 Å². The number of fused-ring (bicyclic) bond motifs is 1. The lowest BCUT2D eigenvalue weighted by Gasteiger charge is -2.49. The van der Waals surface area contributed by atoms with Crippen molar-refractivity contribution < 1.29 is 24.2 Å². The van der Waals surface area contributed by atoms with Crippen molar-refractivity contribution in [3.63, 3.8) is 0 Å². The quantitative estimate of drug-likeness (QED) is 0.702. The Kier molecular flexibility index (Phi) is 4.87. The highest BCUT2D eigenvalue weighted by molar-refractivity contribution is 8.05. The summed E-state index contributed by atoms with van der Waals surface area (Å²) in [6.45, 7) is 3.12. The van der Waals surface area contributed by atoms with Crippen molar-refractivity contribution in [1.82, 2.24) is 10.2 Å². The molecule has 140 valence electrons. The summed E-state index contributed by atoms with van der Waals surface area (Å²) in [5.41, 5.74) is -1.80. The van der Waals surface area contributed by atoms with Gasteiger partial charge in [0.25, 0.3) is 5.91 Å². The number of hydrogen-bond acceptors (Lipinski definition) is 6. The molecular formula is C17H20N2O5S2. The van der Waals surface area contributed by atoms with Crippen molar-refractivity contribution in [2.45, 2.75) is 34.9 Å². The molecule has 1 aromatic carbocycles. The lowest BCUT2D eigenvalue weighted by atomic mass is 9.89. The fraction of sp³-hybridized carbons (Fsp3) is 0.471. The first-order valence-corrected chi connectivity index (χ1v) is 10.2. The van der Waals surface area contributed by atoms with Gasteiger partial charge in [-0.3, -0.25) is 14.5 Å². The van der Waals surface area contributed by atoms with Crippen LogP contribution in [0.2, 0.25) is 0 Å². The normalized spacial score (nSPS) is 28.9. The van der Waals surface area contributed by atoms with E-state index in [0.29, 0.717) is 5.75 Å². The number of thioether (sulfide) groups is 2. The zero-order valence-corrected chi connectivity index (χ0v) is 16.2. The summed E-state index contributed by atoms with van der Waals surface area (Å²) >= 11 is 2.79. The molecule has 9 heteroatoms. The smallest absolute Gasteiger partial charge is 0.352 e. The van der Waals surface area contributed by atoms with Gasteiger partial charge in [-0.25, -0.2) is 4.79 Å². The van der Waals surface area contributed by atoms with Crippen LogP contribution in [-0.2, 0) is 14.4 Å². The van der Waals surface area contributed by atoms with E-state index in [1.165, 1.54) is 28.4 Å². The Bertz CT molecular complexity index is 742. The number of nitrogens with one attached hydrogen (secondary N) is 1. The van der Waals surface area contributed by atoms with Gasteiger partial charge in [0.05, 0.1) is 4.75 Å². The number of β-lactam (4-membered cyclic amide) rings is 1. The van der Waals surface area contributed by atoms with Crippen molar-refractivity contribution in [1.29, 1.82) is 0 Å². The molecule has 2 saturated heterocycles. The number of hydrogen-bond donors (Lipinski definition) is 2. The lowest BCUT2D eigenvalue weighted by Crippen LogP contribution is -2.78. The predicted molar refractivity (Wildman–Crippen MR) is 100 cm³/mol. The Balaban J connectivity index is 1.80. The van der Waals surface area contributed by atoms with Gasteiger partial charge in [0.1, 0.15) is 16.4 Å². The molecule has 0 aromatic heterocycles. The molecule has 26 heavy (non-hydrogen) atoms. The van der Waals surface area contributed by atoms with Crippen LogP contribution >= 0.6 is 23.5 Å². The van der Waals surface area contributed by atoms with Crippen LogP contribution < -0.4 is 10.1 Å². The summed E-state index contributed by atoms with van der Waals surface area (Å²) in [5.74, 6) is -1.61. The number of benzene rings is 1. The Labute approximate surface area is 159 Å². The molecule has 0 radical (unpaired) electrons. The standard InChI is InChI=1S/C17H20N2O5S2/c1-16(2)17(15(22)23,19-13(21)12(25-3)14(19)26-16)18-11(20)9-24-10-7-5-4-6-8-10/h4-8,12,14H,9H2,1-3H3,(H,18,20)(H,22,23)/t12-,14-,17+/m1/s1. The number of ether oxygens (including phenoxy) is 1. The Morgan fingerprint density at radius 1 is 1.35 bits per heavy atom. The lowest BCUT2D eigenvalue weighted by molar-refractivity contribution is -0.172. The first kappa shape index (κ1) is 18.9. The Morgan fingerprint density at radius 2 is 2.00 bits per heavy atom. The van der Waals surface area contributed by atoms with Crippen molar-refractivity contribution in [2.75, 3.05) is 12.9 Å². The van der Waals surface area contributed by atoms with E-state index < -0.39 is 22.3 Å². The second-order valence-electron chi connectivity index (χ2n) is 6.55. The molecule has 2 aliphatic rings. The average molecular weight is 396 g/mol. The summed E-state index contributed by atoms with van der Waals surface area (Å²) in [6.07, 6.45) is 1.82. The van der Waals surface area contributed by atoms with Crippen LogP contribution in [0.3, 0.4) is 0 Å². The Morgan fingerprint density at radius 3 is 2.58 bits per heavy atom. The highest BCUT2D eigenvalue weighted by Crippen LogP contribution is 2.57. The molecule has 0 saturated carbocycles. The molecule has 2 amide bonds. The number of carboxylic acid groups (broad SMARTS) is 1. The molecule has 0 aliphatic carbocycles. The average Bonchev–Trinajstić information content (AvgIpc) is 2.79. The van der Waals surface area contributed by atoms with Crippen LogP contribution in [0, 0.1) is 0 Å². The molecule has 3 rings (SSSR count). The first-order valence-electron chi connectivity index (χ1n) is 8.00. The molecule has 0 spiro atoms. The van der Waals surface area contributed by atoms with E-state index in [1.807, 2.05) is 12.3 Å². The maximum Gasteiger partial charge on any atom is 0.352 e. The van der Waals surface area contributed by atoms with E-state index in [-0.39, 0.29) is 23.1 Å². The van der Waals surface area contributed by atoms with Gasteiger partial charge in [-0.1, -0.05) is 18.2 Å². The highest BCUT2D eigenvalue weighted by atomic mass is 32.2. The molecule has 2 fully saturated rings. The zero-order valence-electron chi connectivity index (χ0n) is 14.6. The number of carboxylic acids is 1. The fourth-order valence-electron chi connectivity index (χ4n) is 3.33. The number of aliphatic carboxylic acids is 1. The number of para-hydroxylation sites is 1. The van der Waals surface area contributed by atoms with E-state index >= 15 is 0 Å². The third kappa shape index (κ3) is 2.73. The molecule has 2 heterocycles. The second-order valence-corrected chi connectivity index (χ2v) is 9.27. The van der Waals surface area contributed by atoms with E-state index in [9.17, 15) is 19.5 Å². The third-order valence-electron chi connectivity index (χ3n) is 4.64. The maximum atomic E-state index is 12.5. The van der Waals surface area contributed by atoms with Crippen molar-refractivity contribution in [3.05, 3.63) is 30.3 Å². The van der Waals surface area contributed by atoms with Crippen molar-refractivity contribution in [2.24, 2.45) is 0 Å². The molecule has 0 unspecified atom stereocenters. The van der Waals surface area contributed by atoms with Crippen molar-refractivity contribution in [3.8, 4) is 5.75 Å². The molecule has 2 aliphatic heterocycles. The van der Waals surface area contributed by atoms with Gasteiger partial charge in [-0.05, 0) is 32.2 Å². The predicted octanol–water partition coefficient (Wildman–Crippen LogP) is 1.39. The summed E-state index contributed by atoms with van der Waals surface area (Å²) in [6, 6.07) is 8.77. The van der Waals surface area contributed by atoms with Crippen LogP contribution in [0.15, 0.2) is 30.3 Å².